The van der Waals surface area contributed by atoms with Crippen molar-refractivity contribution in [3.63, 3.8) is 0 Å². The van der Waals surface area contributed by atoms with Gasteiger partial charge in [-0.15, -0.1) is 11.3 Å². The predicted molar refractivity (Wildman–Crippen MR) is 84.6 cm³/mol. The smallest absolute Gasteiger partial charge is 0.324 e. The largest absolute Gasteiger partial charge is 0.480 e. The van der Waals surface area contributed by atoms with E-state index in [1.54, 1.807) is 11.3 Å². The number of carboxylic acids is 1. The van der Waals surface area contributed by atoms with E-state index in [-0.39, 0.29) is 6.04 Å². The minimum absolute atomic E-state index is 0.0425. The zero-order valence-corrected chi connectivity index (χ0v) is 13.2. The second kappa shape index (κ2) is 5.39. The molecule has 0 radical (unpaired) electrons. The number of benzene rings is 1. The summed E-state index contributed by atoms with van der Waals surface area (Å²) in [4.78, 5) is 18.6. The molecule has 1 N–H and O–H groups in total. The minimum Gasteiger partial charge on any atom is -0.480 e. The summed E-state index contributed by atoms with van der Waals surface area (Å²) in [5, 5.41) is 10.7. The molecule has 21 heavy (non-hydrogen) atoms. The van der Waals surface area contributed by atoms with Crippen LogP contribution in [0.1, 0.15) is 44.2 Å². The highest BCUT2D eigenvalue weighted by molar-refractivity contribution is 7.18. The minimum atomic E-state index is -0.725. The van der Waals surface area contributed by atoms with Gasteiger partial charge in [0, 0.05) is 6.54 Å². The van der Waals surface area contributed by atoms with Crippen LogP contribution in [0.15, 0.2) is 24.3 Å². The van der Waals surface area contributed by atoms with E-state index < -0.39 is 11.5 Å². The van der Waals surface area contributed by atoms with Crippen molar-refractivity contribution in [1.82, 2.24) is 9.88 Å². The highest BCUT2D eigenvalue weighted by Gasteiger charge is 2.48. The van der Waals surface area contributed by atoms with E-state index in [9.17, 15) is 9.90 Å². The maximum absolute atomic E-state index is 11.8. The fourth-order valence-corrected chi connectivity index (χ4v) is 4.46. The summed E-state index contributed by atoms with van der Waals surface area (Å²) in [5.74, 6) is -0.699. The lowest BCUT2D eigenvalue weighted by atomic mass is 9.92. The molecule has 2 aromatic rings. The van der Waals surface area contributed by atoms with Gasteiger partial charge in [-0.3, -0.25) is 9.69 Å². The van der Waals surface area contributed by atoms with Gasteiger partial charge in [-0.25, -0.2) is 4.98 Å². The normalized spacial score (nSPS) is 24.5. The van der Waals surface area contributed by atoms with Gasteiger partial charge in [0.05, 0.1) is 16.3 Å². The topological polar surface area (TPSA) is 53.4 Å². The first-order valence-electron chi connectivity index (χ1n) is 7.44. The Kier molecular flexibility index (Phi) is 3.71. The zero-order valence-electron chi connectivity index (χ0n) is 12.4. The summed E-state index contributed by atoms with van der Waals surface area (Å²) in [6, 6.07) is 8.12. The highest BCUT2D eigenvalue weighted by atomic mass is 32.1. The number of carboxylic acid groups (broad SMARTS) is 1. The van der Waals surface area contributed by atoms with Crippen molar-refractivity contribution in [3.8, 4) is 0 Å². The maximum Gasteiger partial charge on any atom is 0.324 e. The van der Waals surface area contributed by atoms with Crippen molar-refractivity contribution < 1.29 is 9.90 Å². The Morgan fingerprint density at radius 2 is 2.29 bits per heavy atom. The van der Waals surface area contributed by atoms with E-state index in [4.69, 9.17) is 4.98 Å². The number of thiazole rings is 1. The second-order valence-corrected chi connectivity index (χ2v) is 6.75. The van der Waals surface area contributed by atoms with Crippen molar-refractivity contribution in [1.29, 1.82) is 0 Å². The second-order valence-electron chi connectivity index (χ2n) is 5.68. The van der Waals surface area contributed by atoms with Crippen molar-refractivity contribution in [2.45, 2.75) is 44.7 Å². The number of fused-ring (bicyclic) bond motifs is 1. The first kappa shape index (κ1) is 14.5. The molecule has 0 spiro atoms. The van der Waals surface area contributed by atoms with Gasteiger partial charge >= 0.3 is 5.97 Å². The molecule has 112 valence electrons. The molecule has 5 heteroatoms. The lowest BCUT2D eigenvalue weighted by Crippen LogP contribution is -2.50. The summed E-state index contributed by atoms with van der Waals surface area (Å²) in [6.45, 7) is 4.88. The third kappa shape index (κ3) is 2.24. The first-order valence-corrected chi connectivity index (χ1v) is 8.26. The number of aliphatic carboxylic acids is 1. The molecular formula is C16H20N2O2S. The molecule has 3 rings (SSSR count). The Labute approximate surface area is 128 Å². The molecule has 1 aliphatic heterocycles. The molecule has 1 aromatic heterocycles. The summed E-state index contributed by atoms with van der Waals surface area (Å²) in [6.07, 6.45) is 2.31. The molecule has 0 bridgehead atoms. The van der Waals surface area contributed by atoms with Crippen molar-refractivity contribution >= 4 is 27.5 Å². The molecule has 2 atom stereocenters. The molecule has 1 fully saturated rings. The van der Waals surface area contributed by atoms with Crippen molar-refractivity contribution in [2.24, 2.45) is 0 Å². The number of rotatable bonds is 4. The van der Waals surface area contributed by atoms with E-state index >= 15 is 0 Å². The van der Waals surface area contributed by atoms with Gasteiger partial charge < -0.3 is 5.11 Å². The molecule has 0 saturated carbocycles. The maximum atomic E-state index is 11.8. The fraction of sp³-hybridized carbons (Fsp3) is 0.500. The Morgan fingerprint density at radius 3 is 2.95 bits per heavy atom. The van der Waals surface area contributed by atoms with E-state index in [1.807, 2.05) is 25.1 Å². The van der Waals surface area contributed by atoms with Crippen LogP contribution in [0.25, 0.3) is 10.2 Å². The molecule has 2 heterocycles. The fourth-order valence-electron chi connectivity index (χ4n) is 3.43. The van der Waals surface area contributed by atoms with Crippen LogP contribution < -0.4 is 0 Å². The first-order chi connectivity index (χ1) is 10.1. The van der Waals surface area contributed by atoms with Crippen molar-refractivity contribution in [3.05, 3.63) is 29.3 Å². The standard InChI is InChI=1S/C16H20N2O2S/c1-3-16(15(19)20)9-6-10-18(16)11(2)14-17-12-7-4-5-8-13(12)21-14/h4-5,7-8,11H,3,6,9-10H2,1-2H3,(H,19,20). The average Bonchev–Trinajstić information content (AvgIpc) is 3.10. The Hall–Kier alpha value is -1.46. The number of likely N-dealkylation sites (tertiary alicyclic amines) is 1. The lowest BCUT2D eigenvalue weighted by Gasteiger charge is -2.37. The number of hydrogen-bond donors (Lipinski definition) is 1. The quantitative estimate of drug-likeness (QED) is 0.936. The SMILES string of the molecule is CCC1(C(=O)O)CCCN1C(C)c1nc2ccccc2s1. The Balaban J connectivity index is 1.96. The predicted octanol–water partition coefficient (Wildman–Crippen LogP) is 3.69. The Bertz CT molecular complexity index is 636. The summed E-state index contributed by atoms with van der Waals surface area (Å²) in [7, 11) is 0. The number of hydrogen-bond acceptors (Lipinski definition) is 4. The summed E-state index contributed by atoms with van der Waals surface area (Å²) < 4.78 is 1.16. The number of aromatic nitrogens is 1. The van der Waals surface area contributed by atoms with Gasteiger partial charge in [0.2, 0.25) is 0 Å². The van der Waals surface area contributed by atoms with Crippen LogP contribution in [0.3, 0.4) is 0 Å². The molecule has 1 aliphatic rings. The summed E-state index contributed by atoms with van der Waals surface area (Å²) in [5.41, 5.74) is 0.276. The van der Waals surface area contributed by atoms with E-state index in [0.717, 1.165) is 34.6 Å². The third-order valence-electron chi connectivity index (χ3n) is 4.66. The zero-order chi connectivity index (χ0) is 15.0. The third-order valence-corrected chi connectivity index (χ3v) is 5.86. The molecule has 0 amide bonds. The molecule has 1 saturated heterocycles. The van der Waals surface area contributed by atoms with Crippen LogP contribution in [0.2, 0.25) is 0 Å². The van der Waals surface area contributed by atoms with E-state index in [2.05, 4.69) is 17.9 Å². The highest BCUT2D eigenvalue weighted by Crippen LogP contribution is 2.40. The summed E-state index contributed by atoms with van der Waals surface area (Å²) >= 11 is 1.67. The van der Waals surface area contributed by atoms with Gasteiger partial charge in [-0.1, -0.05) is 19.1 Å². The van der Waals surface area contributed by atoms with Crippen LogP contribution >= 0.6 is 11.3 Å². The van der Waals surface area contributed by atoms with E-state index in [0.29, 0.717) is 6.42 Å². The lowest BCUT2D eigenvalue weighted by molar-refractivity contribution is -0.151. The van der Waals surface area contributed by atoms with Crippen LogP contribution in [0.5, 0.6) is 0 Å². The monoisotopic (exact) mass is 304 g/mol. The Morgan fingerprint density at radius 1 is 1.52 bits per heavy atom. The molecule has 1 aromatic carbocycles. The molecule has 0 aliphatic carbocycles. The van der Waals surface area contributed by atoms with Crippen LogP contribution in [-0.2, 0) is 4.79 Å². The van der Waals surface area contributed by atoms with Gasteiger partial charge in [0.25, 0.3) is 0 Å². The van der Waals surface area contributed by atoms with E-state index in [1.165, 1.54) is 0 Å². The van der Waals surface area contributed by atoms with Gasteiger partial charge in [-0.2, -0.15) is 0 Å². The number of para-hydroxylation sites is 1. The average molecular weight is 304 g/mol. The molecule has 4 nitrogen and oxygen atoms in total. The van der Waals surface area contributed by atoms with Crippen LogP contribution in [0, 0.1) is 0 Å². The van der Waals surface area contributed by atoms with Crippen molar-refractivity contribution in [2.75, 3.05) is 6.54 Å². The van der Waals surface area contributed by atoms with Crippen LogP contribution in [0.4, 0.5) is 0 Å². The van der Waals surface area contributed by atoms with Gasteiger partial charge in [0.1, 0.15) is 10.5 Å². The van der Waals surface area contributed by atoms with Gasteiger partial charge in [-0.05, 0) is 38.3 Å². The van der Waals surface area contributed by atoms with Gasteiger partial charge in [0.15, 0.2) is 0 Å². The molecule has 2 unspecified atom stereocenters. The number of nitrogens with zero attached hydrogens (tertiary/aromatic N) is 2. The number of carbonyl (C=O) groups is 1. The van der Waals surface area contributed by atoms with Crippen LogP contribution in [-0.4, -0.2) is 33.0 Å². The molecular weight excluding hydrogens is 284 g/mol.